The minimum absolute atomic E-state index is 0.176. The van der Waals surface area contributed by atoms with E-state index in [9.17, 15) is 5.11 Å². The second kappa shape index (κ2) is 6.87. The Morgan fingerprint density at radius 3 is 2.42 bits per heavy atom. The van der Waals surface area contributed by atoms with Gasteiger partial charge in [0.25, 0.3) is 0 Å². The zero-order chi connectivity index (χ0) is 19.0. The summed E-state index contributed by atoms with van der Waals surface area (Å²) in [5.74, 6) is 1.74. The summed E-state index contributed by atoms with van der Waals surface area (Å²) in [5, 5.41) is 17.6. The summed E-state index contributed by atoms with van der Waals surface area (Å²) in [6, 6.07) is 3.62. The first-order valence-electron chi connectivity index (χ1n) is 8.52. The molecule has 0 fully saturated rings. The van der Waals surface area contributed by atoms with Gasteiger partial charge < -0.3 is 15.2 Å². The molecule has 0 aromatic carbocycles. The van der Waals surface area contributed by atoms with E-state index in [1.807, 2.05) is 39.8 Å². The molecule has 3 heterocycles. The van der Waals surface area contributed by atoms with E-state index in [0.717, 1.165) is 22.5 Å². The van der Waals surface area contributed by atoms with E-state index >= 15 is 0 Å². The summed E-state index contributed by atoms with van der Waals surface area (Å²) < 4.78 is 6.88. The molecule has 2 atom stereocenters. The second-order valence-electron chi connectivity index (χ2n) is 6.45. The number of aliphatic hydroxyl groups is 1. The summed E-state index contributed by atoms with van der Waals surface area (Å²) in [4.78, 5) is 13.5. The van der Waals surface area contributed by atoms with Crippen LogP contribution >= 0.6 is 0 Å². The number of fused-ring (bicyclic) bond motifs is 1. The molecule has 8 nitrogen and oxygen atoms in total. The van der Waals surface area contributed by atoms with Gasteiger partial charge in [-0.2, -0.15) is 14.6 Å². The van der Waals surface area contributed by atoms with Crippen LogP contribution in [-0.4, -0.2) is 48.9 Å². The van der Waals surface area contributed by atoms with Crippen molar-refractivity contribution < 1.29 is 9.84 Å². The van der Waals surface area contributed by atoms with Crippen LogP contribution in [0.25, 0.3) is 16.8 Å². The van der Waals surface area contributed by atoms with Gasteiger partial charge in [0.15, 0.2) is 5.65 Å². The first kappa shape index (κ1) is 18.1. The Hall–Kier alpha value is -2.74. The predicted molar refractivity (Wildman–Crippen MR) is 99.5 cm³/mol. The Balaban J connectivity index is 2.19. The monoisotopic (exact) mass is 356 g/mol. The Bertz CT molecular complexity index is 950. The molecule has 0 aliphatic rings. The largest absolute Gasteiger partial charge is 0.481 e. The molecule has 0 unspecified atom stereocenters. The van der Waals surface area contributed by atoms with E-state index in [1.54, 1.807) is 18.5 Å². The average molecular weight is 356 g/mol. The van der Waals surface area contributed by atoms with Crippen molar-refractivity contribution in [2.45, 2.75) is 46.8 Å². The smallest absolute Gasteiger partial charge is 0.227 e. The normalized spacial score (nSPS) is 13.7. The first-order chi connectivity index (χ1) is 12.3. The third kappa shape index (κ3) is 3.20. The lowest BCUT2D eigenvalue weighted by Gasteiger charge is -2.17. The van der Waals surface area contributed by atoms with E-state index in [0.29, 0.717) is 23.3 Å². The molecule has 0 bridgehead atoms. The van der Waals surface area contributed by atoms with Crippen molar-refractivity contribution in [2.24, 2.45) is 0 Å². The standard InChI is InChI=1S/C18H24N6O2/c1-9(12(4)25)20-18-22-13(5)21-17-16(11(3)23-24(17)18)14-7-8-15(26-6)19-10(14)2/h7-9,12,25H,1-6H3,(H,20,21,22)/t9-,12+/m1/s1. The molecular formula is C18H24N6O2. The molecule has 0 radical (unpaired) electrons. The summed E-state index contributed by atoms with van der Waals surface area (Å²) in [6.07, 6.45) is -0.524. The van der Waals surface area contributed by atoms with Crippen LogP contribution in [0, 0.1) is 20.8 Å². The third-order valence-corrected chi connectivity index (χ3v) is 4.39. The molecule has 3 aromatic rings. The van der Waals surface area contributed by atoms with E-state index in [1.165, 1.54) is 0 Å². The minimum Gasteiger partial charge on any atom is -0.481 e. The van der Waals surface area contributed by atoms with Crippen LogP contribution in [0.15, 0.2) is 12.1 Å². The van der Waals surface area contributed by atoms with Crippen LogP contribution in [0.5, 0.6) is 5.88 Å². The van der Waals surface area contributed by atoms with Crippen LogP contribution in [-0.2, 0) is 0 Å². The summed E-state index contributed by atoms with van der Waals surface area (Å²) >= 11 is 0. The number of pyridine rings is 1. The number of methoxy groups -OCH3 is 1. The first-order valence-corrected chi connectivity index (χ1v) is 8.52. The van der Waals surface area contributed by atoms with Crippen molar-refractivity contribution in [3.8, 4) is 17.0 Å². The number of hydrogen-bond acceptors (Lipinski definition) is 7. The zero-order valence-electron chi connectivity index (χ0n) is 15.9. The fourth-order valence-electron chi connectivity index (χ4n) is 2.79. The Kier molecular flexibility index (Phi) is 4.78. The Morgan fingerprint density at radius 2 is 1.81 bits per heavy atom. The quantitative estimate of drug-likeness (QED) is 0.724. The molecule has 0 spiro atoms. The summed E-state index contributed by atoms with van der Waals surface area (Å²) in [7, 11) is 1.60. The number of nitrogens with zero attached hydrogens (tertiary/aromatic N) is 5. The van der Waals surface area contributed by atoms with E-state index in [-0.39, 0.29) is 6.04 Å². The van der Waals surface area contributed by atoms with Gasteiger partial charge in [-0.25, -0.2) is 9.97 Å². The summed E-state index contributed by atoms with van der Waals surface area (Å²) in [6.45, 7) is 9.33. The van der Waals surface area contributed by atoms with Gasteiger partial charge in [-0.15, -0.1) is 0 Å². The van der Waals surface area contributed by atoms with Crippen LogP contribution in [0.3, 0.4) is 0 Å². The summed E-state index contributed by atoms with van der Waals surface area (Å²) in [5.41, 5.74) is 4.23. The zero-order valence-corrected chi connectivity index (χ0v) is 15.9. The topological polar surface area (TPSA) is 97.5 Å². The van der Waals surface area contributed by atoms with E-state index in [4.69, 9.17) is 4.74 Å². The molecule has 3 rings (SSSR count). The van der Waals surface area contributed by atoms with Crippen molar-refractivity contribution in [2.75, 3.05) is 12.4 Å². The molecule has 138 valence electrons. The molecule has 8 heteroatoms. The highest BCUT2D eigenvalue weighted by Gasteiger charge is 2.20. The van der Waals surface area contributed by atoms with Gasteiger partial charge in [-0.05, 0) is 40.7 Å². The number of aryl methyl sites for hydroxylation is 3. The van der Waals surface area contributed by atoms with Gasteiger partial charge in [0.2, 0.25) is 11.8 Å². The molecule has 0 aliphatic heterocycles. The maximum absolute atomic E-state index is 9.79. The second-order valence-corrected chi connectivity index (χ2v) is 6.45. The lowest BCUT2D eigenvalue weighted by molar-refractivity contribution is 0.177. The number of hydrogen-bond donors (Lipinski definition) is 2. The number of rotatable bonds is 5. The maximum Gasteiger partial charge on any atom is 0.227 e. The van der Waals surface area contributed by atoms with Crippen molar-refractivity contribution in [1.82, 2.24) is 24.6 Å². The lowest BCUT2D eigenvalue weighted by Crippen LogP contribution is -2.29. The van der Waals surface area contributed by atoms with Crippen molar-refractivity contribution in [3.63, 3.8) is 0 Å². The predicted octanol–water partition coefficient (Wildman–Crippen LogP) is 2.30. The van der Waals surface area contributed by atoms with Crippen molar-refractivity contribution >= 4 is 11.6 Å². The average Bonchev–Trinajstić information content (AvgIpc) is 2.90. The number of anilines is 1. The Labute approximate surface area is 152 Å². The highest BCUT2D eigenvalue weighted by Crippen LogP contribution is 2.31. The van der Waals surface area contributed by atoms with Crippen LogP contribution in [0.2, 0.25) is 0 Å². The fourth-order valence-corrected chi connectivity index (χ4v) is 2.79. The van der Waals surface area contributed by atoms with Crippen LogP contribution in [0.4, 0.5) is 5.95 Å². The lowest BCUT2D eigenvalue weighted by atomic mass is 10.1. The van der Waals surface area contributed by atoms with Gasteiger partial charge in [0.1, 0.15) is 5.82 Å². The van der Waals surface area contributed by atoms with Gasteiger partial charge in [-0.1, -0.05) is 0 Å². The third-order valence-electron chi connectivity index (χ3n) is 4.39. The number of aliphatic hydroxyl groups excluding tert-OH is 1. The van der Waals surface area contributed by atoms with E-state index in [2.05, 4.69) is 25.4 Å². The maximum atomic E-state index is 9.79. The van der Waals surface area contributed by atoms with Crippen LogP contribution in [0.1, 0.15) is 31.1 Å². The van der Waals surface area contributed by atoms with E-state index < -0.39 is 6.10 Å². The number of aromatic nitrogens is 5. The minimum atomic E-state index is -0.524. The SMILES string of the molecule is COc1ccc(-c2c(C)nn3c(N[C@H](C)[C@H](C)O)nc(C)nc23)c(C)n1. The molecule has 0 saturated heterocycles. The molecule has 0 amide bonds. The van der Waals surface area contributed by atoms with Gasteiger partial charge in [0, 0.05) is 17.3 Å². The molecule has 3 aromatic heterocycles. The molecule has 26 heavy (non-hydrogen) atoms. The van der Waals surface area contributed by atoms with Gasteiger partial charge in [0.05, 0.1) is 30.5 Å². The van der Waals surface area contributed by atoms with Gasteiger partial charge >= 0.3 is 0 Å². The fraction of sp³-hybridized carbons (Fsp3) is 0.444. The van der Waals surface area contributed by atoms with Crippen molar-refractivity contribution in [1.29, 1.82) is 0 Å². The molecule has 2 N–H and O–H groups in total. The number of nitrogens with one attached hydrogen (secondary N) is 1. The molecule has 0 saturated carbocycles. The van der Waals surface area contributed by atoms with Gasteiger partial charge in [-0.3, -0.25) is 0 Å². The highest BCUT2D eigenvalue weighted by molar-refractivity contribution is 5.81. The molecule has 0 aliphatic carbocycles. The highest BCUT2D eigenvalue weighted by atomic mass is 16.5. The van der Waals surface area contributed by atoms with Crippen LogP contribution < -0.4 is 10.1 Å². The number of ether oxygens (including phenoxy) is 1. The van der Waals surface area contributed by atoms with Crippen molar-refractivity contribution in [3.05, 3.63) is 29.3 Å². The Morgan fingerprint density at radius 1 is 1.08 bits per heavy atom. The molecular weight excluding hydrogens is 332 g/mol.